The Labute approximate surface area is 98.7 Å². The van der Waals surface area contributed by atoms with Crippen LogP contribution >= 0.6 is 15.9 Å². The maximum Gasteiger partial charge on any atom is 0.338 e. The van der Waals surface area contributed by atoms with Crippen molar-refractivity contribution in [2.24, 2.45) is 0 Å². The number of nitrogens with zero attached hydrogens (tertiary/aromatic N) is 2. The molecule has 0 radical (unpaired) electrons. The lowest BCUT2D eigenvalue weighted by Crippen LogP contribution is -2.03. The molecule has 0 aromatic heterocycles. The minimum absolute atomic E-state index is 0.00889. The summed E-state index contributed by atoms with van der Waals surface area (Å²) in [5.41, 5.74) is -0.372. The molecular formula is C9H5BrN2O4. The third kappa shape index (κ3) is 2.17. The summed E-state index contributed by atoms with van der Waals surface area (Å²) in [7, 11) is 1.16. The molecule has 1 rings (SSSR count). The first-order valence-corrected chi connectivity index (χ1v) is 4.77. The fourth-order valence-corrected chi connectivity index (χ4v) is 1.52. The van der Waals surface area contributed by atoms with Crippen molar-refractivity contribution in [3.8, 4) is 6.07 Å². The van der Waals surface area contributed by atoms with Crippen LogP contribution in [-0.2, 0) is 4.74 Å². The van der Waals surface area contributed by atoms with Gasteiger partial charge < -0.3 is 4.74 Å². The molecule has 0 atom stereocenters. The fraction of sp³-hybridized carbons (Fsp3) is 0.111. The van der Waals surface area contributed by atoms with Crippen LogP contribution in [-0.4, -0.2) is 18.0 Å². The number of carbonyl (C=O) groups excluding carboxylic acids is 1. The second-order valence-electron chi connectivity index (χ2n) is 2.72. The SMILES string of the molecule is COC(=O)c1cc(C#N)c(Br)c([N+](=O)[O-])c1. The number of methoxy groups -OCH3 is 1. The first kappa shape index (κ1) is 12.1. The molecular weight excluding hydrogens is 280 g/mol. The lowest BCUT2D eigenvalue weighted by atomic mass is 10.1. The number of esters is 1. The summed E-state index contributed by atoms with van der Waals surface area (Å²) in [6.07, 6.45) is 0. The summed E-state index contributed by atoms with van der Waals surface area (Å²) < 4.78 is 4.47. The molecule has 16 heavy (non-hydrogen) atoms. The maximum atomic E-state index is 11.2. The normalized spacial score (nSPS) is 9.31. The number of ether oxygens (including phenoxy) is 1. The third-order valence-corrected chi connectivity index (χ3v) is 2.63. The van der Waals surface area contributed by atoms with Gasteiger partial charge in [0.1, 0.15) is 10.5 Å². The van der Waals surface area contributed by atoms with Crippen molar-refractivity contribution in [1.82, 2.24) is 0 Å². The molecule has 0 heterocycles. The van der Waals surface area contributed by atoms with Gasteiger partial charge in [0.25, 0.3) is 5.69 Å². The number of nitro groups is 1. The van der Waals surface area contributed by atoms with E-state index in [0.717, 1.165) is 13.2 Å². The van der Waals surface area contributed by atoms with E-state index in [4.69, 9.17) is 5.26 Å². The first-order chi connectivity index (χ1) is 7.51. The lowest BCUT2D eigenvalue weighted by molar-refractivity contribution is -0.385. The molecule has 0 aliphatic heterocycles. The number of carbonyl (C=O) groups is 1. The molecule has 0 N–H and O–H groups in total. The van der Waals surface area contributed by atoms with E-state index in [1.807, 2.05) is 0 Å². The summed E-state index contributed by atoms with van der Waals surface area (Å²) in [6, 6.07) is 4.03. The zero-order valence-corrected chi connectivity index (χ0v) is 9.65. The number of nitriles is 1. The second-order valence-corrected chi connectivity index (χ2v) is 3.51. The van der Waals surface area contributed by atoms with Crippen molar-refractivity contribution >= 4 is 27.6 Å². The molecule has 0 saturated carbocycles. The maximum absolute atomic E-state index is 11.2. The van der Waals surface area contributed by atoms with Crippen molar-refractivity contribution in [2.75, 3.05) is 7.11 Å². The average Bonchev–Trinajstić information content (AvgIpc) is 2.27. The molecule has 0 aliphatic rings. The highest BCUT2D eigenvalue weighted by molar-refractivity contribution is 9.10. The number of halogens is 1. The number of benzene rings is 1. The highest BCUT2D eigenvalue weighted by Crippen LogP contribution is 2.29. The van der Waals surface area contributed by atoms with Crippen LogP contribution in [0, 0.1) is 21.4 Å². The Bertz CT molecular complexity index is 507. The van der Waals surface area contributed by atoms with Crippen LogP contribution in [0.2, 0.25) is 0 Å². The third-order valence-electron chi connectivity index (χ3n) is 1.79. The highest BCUT2D eigenvalue weighted by atomic mass is 79.9. The van der Waals surface area contributed by atoms with E-state index in [0.29, 0.717) is 0 Å². The first-order valence-electron chi connectivity index (χ1n) is 3.97. The molecule has 0 unspecified atom stereocenters. The predicted octanol–water partition coefficient (Wildman–Crippen LogP) is 2.02. The molecule has 1 aromatic carbocycles. The van der Waals surface area contributed by atoms with Crippen LogP contribution < -0.4 is 0 Å². The zero-order valence-electron chi connectivity index (χ0n) is 8.06. The molecule has 0 aliphatic carbocycles. The van der Waals surface area contributed by atoms with E-state index in [-0.39, 0.29) is 21.3 Å². The average molecular weight is 285 g/mol. The van der Waals surface area contributed by atoms with Gasteiger partial charge in [-0.2, -0.15) is 5.26 Å². The van der Waals surface area contributed by atoms with E-state index in [1.54, 1.807) is 6.07 Å². The van der Waals surface area contributed by atoms with Gasteiger partial charge in [0.05, 0.1) is 23.2 Å². The quantitative estimate of drug-likeness (QED) is 0.470. The smallest absolute Gasteiger partial charge is 0.338 e. The van der Waals surface area contributed by atoms with E-state index in [2.05, 4.69) is 20.7 Å². The Morgan fingerprint density at radius 1 is 1.62 bits per heavy atom. The standard InChI is InChI=1S/C9H5BrN2O4/c1-16-9(13)5-2-6(4-11)8(10)7(3-5)12(14)15/h2-3H,1H3. The highest BCUT2D eigenvalue weighted by Gasteiger charge is 2.20. The summed E-state index contributed by atoms with van der Waals surface area (Å²) in [4.78, 5) is 21.2. The Balaban J connectivity index is 3.47. The van der Waals surface area contributed by atoms with Gasteiger partial charge in [0.2, 0.25) is 0 Å². The van der Waals surface area contributed by atoms with Crippen LogP contribution in [0.4, 0.5) is 5.69 Å². The number of rotatable bonds is 2. The second kappa shape index (κ2) is 4.72. The Hall–Kier alpha value is -1.94. The molecule has 0 fully saturated rings. The summed E-state index contributed by atoms with van der Waals surface area (Å²) in [5.74, 6) is -0.730. The zero-order chi connectivity index (χ0) is 12.3. The molecule has 0 spiro atoms. The number of nitro benzene ring substituents is 1. The Morgan fingerprint density at radius 3 is 2.69 bits per heavy atom. The van der Waals surface area contributed by atoms with Crippen LogP contribution in [0.15, 0.2) is 16.6 Å². The van der Waals surface area contributed by atoms with Crippen molar-refractivity contribution in [2.45, 2.75) is 0 Å². The van der Waals surface area contributed by atoms with E-state index >= 15 is 0 Å². The van der Waals surface area contributed by atoms with Crippen molar-refractivity contribution in [3.63, 3.8) is 0 Å². The van der Waals surface area contributed by atoms with Crippen LogP contribution in [0.5, 0.6) is 0 Å². The van der Waals surface area contributed by atoms with Crippen LogP contribution in [0.3, 0.4) is 0 Å². The van der Waals surface area contributed by atoms with Gasteiger partial charge in [-0.15, -0.1) is 0 Å². The minimum Gasteiger partial charge on any atom is -0.465 e. The minimum atomic E-state index is -0.730. The van der Waals surface area contributed by atoms with Gasteiger partial charge >= 0.3 is 5.97 Å². The van der Waals surface area contributed by atoms with Gasteiger partial charge in [-0.3, -0.25) is 10.1 Å². The molecule has 0 bridgehead atoms. The topological polar surface area (TPSA) is 93.2 Å². The largest absolute Gasteiger partial charge is 0.465 e. The summed E-state index contributed by atoms with van der Waals surface area (Å²) >= 11 is 2.93. The fourth-order valence-electron chi connectivity index (χ4n) is 1.06. The molecule has 7 heteroatoms. The van der Waals surface area contributed by atoms with Crippen LogP contribution in [0.25, 0.3) is 0 Å². The van der Waals surface area contributed by atoms with E-state index < -0.39 is 10.9 Å². The molecule has 0 amide bonds. The van der Waals surface area contributed by atoms with Gasteiger partial charge in [-0.1, -0.05) is 0 Å². The van der Waals surface area contributed by atoms with Crippen molar-refractivity contribution in [1.29, 1.82) is 5.26 Å². The van der Waals surface area contributed by atoms with Crippen molar-refractivity contribution in [3.05, 3.63) is 37.8 Å². The van der Waals surface area contributed by atoms with Crippen LogP contribution in [0.1, 0.15) is 15.9 Å². The monoisotopic (exact) mass is 284 g/mol. The van der Waals surface area contributed by atoms with E-state index in [9.17, 15) is 14.9 Å². The molecule has 1 aromatic rings. The molecule has 0 saturated heterocycles. The van der Waals surface area contributed by atoms with Gasteiger partial charge in [0.15, 0.2) is 0 Å². The Kier molecular flexibility index (Phi) is 3.58. The van der Waals surface area contributed by atoms with Crippen molar-refractivity contribution < 1.29 is 14.5 Å². The lowest BCUT2D eigenvalue weighted by Gasteiger charge is -2.02. The van der Waals surface area contributed by atoms with Gasteiger partial charge in [0, 0.05) is 6.07 Å². The number of hydrogen-bond donors (Lipinski definition) is 0. The number of hydrogen-bond acceptors (Lipinski definition) is 5. The summed E-state index contributed by atoms with van der Waals surface area (Å²) in [5, 5.41) is 19.4. The van der Waals surface area contributed by atoms with Gasteiger partial charge in [-0.25, -0.2) is 4.79 Å². The molecule has 82 valence electrons. The summed E-state index contributed by atoms with van der Waals surface area (Å²) in [6.45, 7) is 0. The molecule has 6 nitrogen and oxygen atoms in total. The predicted molar refractivity (Wildman–Crippen MR) is 56.9 cm³/mol. The van der Waals surface area contributed by atoms with Gasteiger partial charge in [-0.05, 0) is 22.0 Å². The Morgan fingerprint density at radius 2 is 2.25 bits per heavy atom. The van der Waals surface area contributed by atoms with E-state index in [1.165, 1.54) is 6.07 Å².